The van der Waals surface area contributed by atoms with Crippen LogP contribution in [0.5, 0.6) is 5.88 Å². The Balaban J connectivity index is 2.19. The molecule has 5 nitrogen and oxygen atoms in total. The van der Waals surface area contributed by atoms with Gasteiger partial charge in [0.05, 0.1) is 0 Å². The smallest absolute Gasteiger partial charge is 0.233 e. The van der Waals surface area contributed by atoms with Gasteiger partial charge in [0.15, 0.2) is 5.82 Å². The van der Waals surface area contributed by atoms with Crippen LogP contribution >= 0.6 is 15.9 Å². The largest absolute Gasteiger partial charge is 0.469 e. The van der Waals surface area contributed by atoms with Gasteiger partial charge in [-0.15, -0.1) is 0 Å². The molecule has 0 aliphatic heterocycles. The standard InChI is InChI=1S/C12H13BrN4O/c1-8(9-5-3-2-4-6-9)18-12-10(13)11(17-14)15-7-16-12/h2-8H,14H2,1H3,(H,15,16,17). The van der Waals surface area contributed by atoms with Crippen molar-refractivity contribution in [2.75, 3.05) is 5.43 Å². The Morgan fingerprint density at radius 1 is 1.28 bits per heavy atom. The SMILES string of the molecule is CC(Oc1ncnc(NN)c1Br)c1ccccc1. The summed E-state index contributed by atoms with van der Waals surface area (Å²) in [6.07, 6.45) is 1.29. The summed E-state index contributed by atoms with van der Waals surface area (Å²) in [5.41, 5.74) is 3.54. The molecule has 0 aliphatic carbocycles. The van der Waals surface area contributed by atoms with Crippen LogP contribution in [0.2, 0.25) is 0 Å². The number of nitrogens with one attached hydrogen (secondary N) is 1. The van der Waals surface area contributed by atoms with Crippen LogP contribution < -0.4 is 16.0 Å². The third-order valence-corrected chi connectivity index (χ3v) is 3.17. The van der Waals surface area contributed by atoms with Gasteiger partial charge in [0.1, 0.15) is 16.9 Å². The Labute approximate surface area is 113 Å². The number of hydrazine groups is 1. The first-order valence-electron chi connectivity index (χ1n) is 5.41. The first-order valence-corrected chi connectivity index (χ1v) is 6.20. The van der Waals surface area contributed by atoms with E-state index in [1.807, 2.05) is 37.3 Å². The van der Waals surface area contributed by atoms with Crippen LogP contribution in [0.3, 0.4) is 0 Å². The zero-order valence-corrected chi connectivity index (χ0v) is 11.4. The Morgan fingerprint density at radius 3 is 2.67 bits per heavy atom. The van der Waals surface area contributed by atoms with Gasteiger partial charge in [0.25, 0.3) is 0 Å². The van der Waals surface area contributed by atoms with E-state index in [1.165, 1.54) is 6.33 Å². The fourth-order valence-electron chi connectivity index (χ4n) is 1.50. The number of benzene rings is 1. The molecule has 0 saturated heterocycles. The Kier molecular flexibility index (Phi) is 4.11. The van der Waals surface area contributed by atoms with Crippen molar-refractivity contribution in [3.63, 3.8) is 0 Å². The number of aromatic nitrogens is 2. The minimum absolute atomic E-state index is 0.108. The number of hydrogen-bond donors (Lipinski definition) is 2. The molecule has 6 heteroatoms. The Hall–Kier alpha value is -1.66. The average molecular weight is 309 g/mol. The normalized spacial score (nSPS) is 11.9. The second kappa shape index (κ2) is 5.79. The van der Waals surface area contributed by atoms with E-state index in [-0.39, 0.29) is 6.10 Å². The number of hydrogen-bond acceptors (Lipinski definition) is 5. The minimum atomic E-state index is -0.108. The quantitative estimate of drug-likeness (QED) is 0.671. The molecule has 0 amide bonds. The summed E-state index contributed by atoms with van der Waals surface area (Å²) in [6, 6.07) is 9.91. The van der Waals surface area contributed by atoms with Crippen molar-refractivity contribution in [2.24, 2.45) is 5.84 Å². The molecule has 1 heterocycles. The van der Waals surface area contributed by atoms with Gasteiger partial charge in [-0.25, -0.2) is 15.8 Å². The van der Waals surface area contributed by atoms with Crippen molar-refractivity contribution in [2.45, 2.75) is 13.0 Å². The van der Waals surface area contributed by atoms with Crippen LogP contribution in [0.25, 0.3) is 0 Å². The van der Waals surface area contributed by atoms with E-state index in [0.29, 0.717) is 16.2 Å². The van der Waals surface area contributed by atoms with Gasteiger partial charge in [-0.1, -0.05) is 30.3 Å². The summed E-state index contributed by atoms with van der Waals surface area (Å²) in [6.45, 7) is 1.96. The van der Waals surface area contributed by atoms with Gasteiger partial charge in [-0.05, 0) is 28.4 Å². The van der Waals surface area contributed by atoms with E-state index in [1.54, 1.807) is 0 Å². The third-order valence-electron chi connectivity index (χ3n) is 2.45. The molecule has 0 radical (unpaired) electrons. The number of ether oxygens (including phenoxy) is 1. The molecule has 3 N–H and O–H groups in total. The molecular weight excluding hydrogens is 296 g/mol. The summed E-state index contributed by atoms with van der Waals surface area (Å²) in [5.74, 6) is 6.28. The number of anilines is 1. The van der Waals surface area contributed by atoms with Gasteiger partial charge in [0, 0.05) is 0 Å². The predicted molar refractivity (Wildman–Crippen MR) is 73.0 cm³/mol. The van der Waals surface area contributed by atoms with Crippen LogP contribution in [0.15, 0.2) is 41.1 Å². The zero-order valence-electron chi connectivity index (χ0n) is 9.80. The molecule has 1 aromatic heterocycles. The molecule has 1 unspecified atom stereocenters. The molecule has 1 atom stereocenters. The molecule has 0 fully saturated rings. The summed E-state index contributed by atoms with van der Waals surface area (Å²) < 4.78 is 6.39. The van der Waals surface area contributed by atoms with Crippen LogP contribution in [-0.2, 0) is 0 Å². The van der Waals surface area contributed by atoms with E-state index < -0.39 is 0 Å². The maximum atomic E-state index is 5.78. The van der Waals surface area contributed by atoms with E-state index in [2.05, 4.69) is 31.3 Å². The van der Waals surface area contributed by atoms with Crippen molar-refractivity contribution < 1.29 is 4.74 Å². The van der Waals surface area contributed by atoms with Crippen LogP contribution in [0.1, 0.15) is 18.6 Å². The fraction of sp³-hybridized carbons (Fsp3) is 0.167. The lowest BCUT2D eigenvalue weighted by atomic mass is 10.1. The summed E-state index contributed by atoms with van der Waals surface area (Å²) in [4.78, 5) is 8.04. The van der Waals surface area contributed by atoms with Crippen molar-refractivity contribution >= 4 is 21.7 Å². The predicted octanol–water partition coefficient (Wildman–Crippen LogP) is 2.66. The van der Waals surface area contributed by atoms with Crippen molar-refractivity contribution in [1.82, 2.24) is 9.97 Å². The lowest BCUT2D eigenvalue weighted by Crippen LogP contribution is -2.11. The average Bonchev–Trinajstić information content (AvgIpc) is 2.42. The van der Waals surface area contributed by atoms with E-state index in [4.69, 9.17) is 10.6 Å². The second-order valence-electron chi connectivity index (χ2n) is 3.66. The topological polar surface area (TPSA) is 73.1 Å². The number of rotatable bonds is 4. The number of nitrogen functional groups attached to an aromatic ring is 1. The molecule has 18 heavy (non-hydrogen) atoms. The van der Waals surface area contributed by atoms with Crippen molar-refractivity contribution in [3.05, 3.63) is 46.7 Å². The molecule has 0 spiro atoms. The lowest BCUT2D eigenvalue weighted by Gasteiger charge is -2.15. The van der Waals surface area contributed by atoms with Gasteiger partial charge < -0.3 is 10.2 Å². The minimum Gasteiger partial charge on any atom is -0.469 e. The number of nitrogens with two attached hydrogens (primary N) is 1. The number of nitrogens with zero attached hydrogens (tertiary/aromatic N) is 2. The summed E-state index contributed by atoms with van der Waals surface area (Å²) in [5, 5.41) is 0. The van der Waals surface area contributed by atoms with Crippen LogP contribution in [0, 0.1) is 0 Å². The van der Waals surface area contributed by atoms with E-state index in [0.717, 1.165) is 5.56 Å². The highest BCUT2D eigenvalue weighted by molar-refractivity contribution is 9.10. The maximum absolute atomic E-state index is 5.78. The van der Waals surface area contributed by atoms with E-state index >= 15 is 0 Å². The van der Waals surface area contributed by atoms with Crippen molar-refractivity contribution in [1.29, 1.82) is 0 Å². The van der Waals surface area contributed by atoms with Gasteiger partial charge >= 0.3 is 0 Å². The second-order valence-corrected chi connectivity index (χ2v) is 4.45. The van der Waals surface area contributed by atoms with Gasteiger partial charge in [0.2, 0.25) is 5.88 Å². The van der Waals surface area contributed by atoms with Gasteiger partial charge in [-0.3, -0.25) is 0 Å². The number of halogens is 1. The first kappa shape index (κ1) is 12.8. The molecule has 0 saturated carbocycles. The van der Waals surface area contributed by atoms with Crippen LogP contribution in [0.4, 0.5) is 5.82 Å². The lowest BCUT2D eigenvalue weighted by molar-refractivity contribution is 0.215. The molecule has 1 aromatic carbocycles. The monoisotopic (exact) mass is 308 g/mol. The summed E-state index contributed by atoms with van der Waals surface area (Å²) >= 11 is 3.35. The highest BCUT2D eigenvalue weighted by Crippen LogP contribution is 2.30. The first-order chi connectivity index (χ1) is 8.72. The molecule has 2 aromatic rings. The van der Waals surface area contributed by atoms with Crippen LogP contribution in [-0.4, -0.2) is 9.97 Å². The van der Waals surface area contributed by atoms with Gasteiger partial charge in [-0.2, -0.15) is 0 Å². The molecular formula is C12H13BrN4O. The maximum Gasteiger partial charge on any atom is 0.233 e. The van der Waals surface area contributed by atoms with E-state index in [9.17, 15) is 0 Å². The molecule has 94 valence electrons. The highest BCUT2D eigenvalue weighted by atomic mass is 79.9. The summed E-state index contributed by atoms with van der Waals surface area (Å²) in [7, 11) is 0. The molecule has 2 rings (SSSR count). The Morgan fingerprint density at radius 2 is 2.00 bits per heavy atom. The highest BCUT2D eigenvalue weighted by Gasteiger charge is 2.13. The zero-order chi connectivity index (χ0) is 13.0. The fourth-order valence-corrected chi connectivity index (χ4v) is 1.91. The molecule has 0 aliphatic rings. The third kappa shape index (κ3) is 2.77. The molecule has 0 bridgehead atoms. The Bertz CT molecular complexity index is 521. The van der Waals surface area contributed by atoms with Crippen molar-refractivity contribution in [3.8, 4) is 5.88 Å².